The second-order valence-electron chi connectivity index (χ2n) is 4.36. The SMILES string of the molecule is CC1=C(C)CCC(C2CC2)C=C1. The van der Waals surface area contributed by atoms with E-state index >= 15 is 0 Å². The van der Waals surface area contributed by atoms with E-state index in [4.69, 9.17) is 0 Å². The van der Waals surface area contributed by atoms with Crippen LogP contribution in [0, 0.1) is 11.8 Å². The van der Waals surface area contributed by atoms with E-state index in [9.17, 15) is 0 Å². The van der Waals surface area contributed by atoms with Gasteiger partial charge in [-0.05, 0) is 51.4 Å². The Labute approximate surface area is 75.4 Å². The lowest BCUT2D eigenvalue weighted by Gasteiger charge is -2.08. The van der Waals surface area contributed by atoms with E-state index in [0.29, 0.717) is 0 Å². The molecule has 0 heteroatoms. The first-order valence-electron chi connectivity index (χ1n) is 5.12. The minimum absolute atomic E-state index is 0.900. The van der Waals surface area contributed by atoms with E-state index < -0.39 is 0 Å². The van der Waals surface area contributed by atoms with Crippen LogP contribution in [0.4, 0.5) is 0 Å². The molecule has 0 aromatic carbocycles. The van der Waals surface area contributed by atoms with Gasteiger partial charge >= 0.3 is 0 Å². The van der Waals surface area contributed by atoms with Crippen molar-refractivity contribution in [2.45, 2.75) is 39.5 Å². The zero-order valence-corrected chi connectivity index (χ0v) is 8.14. The molecule has 2 aliphatic rings. The van der Waals surface area contributed by atoms with Crippen molar-refractivity contribution in [1.29, 1.82) is 0 Å². The molecule has 0 bridgehead atoms. The third-order valence-electron chi connectivity index (χ3n) is 3.35. The van der Waals surface area contributed by atoms with Crippen molar-refractivity contribution in [3.05, 3.63) is 23.3 Å². The van der Waals surface area contributed by atoms with Crippen molar-refractivity contribution in [3.63, 3.8) is 0 Å². The maximum Gasteiger partial charge on any atom is -0.0199 e. The molecular formula is C12H18. The van der Waals surface area contributed by atoms with Gasteiger partial charge in [0, 0.05) is 0 Å². The highest BCUT2D eigenvalue weighted by Crippen LogP contribution is 2.41. The van der Waals surface area contributed by atoms with Crippen LogP contribution in [0.25, 0.3) is 0 Å². The quantitative estimate of drug-likeness (QED) is 0.551. The Morgan fingerprint density at radius 1 is 1.17 bits per heavy atom. The molecule has 2 aliphatic carbocycles. The van der Waals surface area contributed by atoms with Gasteiger partial charge in [-0.25, -0.2) is 0 Å². The molecular weight excluding hydrogens is 144 g/mol. The number of allylic oxidation sites excluding steroid dienone is 4. The standard InChI is InChI=1S/C12H18/c1-9-3-5-11(12-7-8-12)6-4-10(9)2/h3,5,11-12H,4,6-8H2,1-2H3. The highest BCUT2D eigenvalue weighted by molar-refractivity contribution is 5.25. The van der Waals surface area contributed by atoms with Crippen LogP contribution < -0.4 is 0 Å². The second kappa shape index (κ2) is 3.08. The topological polar surface area (TPSA) is 0 Å². The van der Waals surface area contributed by atoms with Gasteiger partial charge in [0.2, 0.25) is 0 Å². The summed E-state index contributed by atoms with van der Waals surface area (Å²) in [6, 6.07) is 0. The van der Waals surface area contributed by atoms with Crippen LogP contribution in [-0.2, 0) is 0 Å². The summed E-state index contributed by atoms with van der Waals surface area (Å²) < 4.78 is 0. The zero-order valence-electron chi connectivity index (χ0n) is 8.14. The van der Waals surface area contributed by atoms with Crippen LogP contribution in [0.3, 0.4) is 0 Å². The van der Waals surface area contributed by atoms with E-state index in [1.54, 1.807) is 5.57 Å². The lowest BCUT2D eigenvalue weighted by atomic mass is 9.97. The van der Waals surface area contributed by atoms with Gasteiger partial charge in [0.1, 0.15) is 0 Å². The summed E-state index contributed by atoms with van der Waals surface area (Å²) in [5, 5.41) is 0. The highest BCUT2D eigenvalue weighted by Gasteiger charge is 2.29. The van der Waals surface area contributed by atoms with Crippen LogP contribution in [0.15, 0.2) is 23.3 Å². The minimum Gasteiger partial charge on any atom is -0.0809 e. The molecule has 12 heavy (non-hydrogen) atoms. The molecule has 0 radical (unpaired) electrons. The Balaban J connectivity index is 2.05. The predicted octanol–water partition coefficient (Wildman–Crippen LogP) is 3.70. The molecule has 1 fully saturated rings. The van der Waals surface area contributed by atoms with Crippen LogP contribution in [-0.4, -0.2) is 0 Å². The van der Waals surface area contributed by atoms with Gasteiger partial charge in [-0.3, -0.25) is 0 Å². The van der Waals surface area contributed by atoms with Crippen molar-refractivity contribution >= 4 is 0 Å². The Kier molecular flexibility index (Phi) is 2.08. The molecule has 0 N–H and O–H groups in total. The van der Waals surface area contributed by atoms with E-state index in [0.717, 1.165) is 11.8 Å². The molecule has 0 heterocycles. The van der Waals surface area contributed by atoms with Crippen molar-refractivity contribution < 1.29 is 0 Å². The smallest absolute Gasteiger partial charge is 0.0199 e. The Bertz CT molecular complexity index is 228. The fourth-order valence-corrected chi connectivity index (χ4v) is 2.00. The number of hydrogen-bond donors (Lipinski definition) is 0. The second-order valence-corrected chi connectivity index (χ2v) is 4.36. The average Bonchev–Trinajstić information content (AvgIpc) is 2.84. The van der Waals surface area contributed by atoms with E-state index in [2.05, 4.69) is 26.0 Å². The zero-order chi connectivity index (χ0) is 8.55. The lowest BCUT2D eigenvalue weighted by molar-refractivity contribution is 0.526. The Morgan fingerprint density at radius 3 is 2.58 bits per heavy atom. The first-order valence-corrected chi connectivity index (χ1v) is 5.12. The fraction of sp³-hybridized carbons (Fsp3) is 0.667. The highest BCUT2D eigenvalue weighted by atomic mass is 14.3. The molecule has 0 spiro atoms. The third kappa shape index (κ3) is 1.63. The van der Waals surface area contributed by atoms with Crippen LogP contribution >= 0.6 is 0 Å². The lowest BCUT2D eigenvalue weighted by Crippen LogP contribution is -1.97. The van der Waals surface area contributed by atoms with Crippen molar-refractivity contribution in [2.75, 3.05) is 0 Å². The largest absolute Gasteiger partial charge is 0.0809 e. The molecule has 0 amide bonds. The molecule has 1 unspecified atom stereocenters. The van der Waals surface area contributed by atoms with Gasteiger partial charge in [0.25, 0.3) is 0 Å². The van der Waals surface area contributed by atoms with Gasteiger partial charge in [0.15, 0.2) is 0 Å². The van der Waals surface area contributed by atoms with Crippen molar-refractivity contribution in [1.82, 2.24) is 0 Å². The van der Waals surface area contributed by atoms with Crippen LogP contribution in [0.5, 0.6) is 0 Å². The van der Waals surface area contributed by atoms with Crippen LogP contribution in [0.1, 0.15) is 39.5 Å². The molecule has 0 aromatic rings. The summed E-state index contributed by atoms with van der Waals surface area (Å²) in [6.45, 7) is 4.51. The molecule has 0 aliphatic heterocycles. The fourth-order valence-electron chi connectivity index (χ4n) is 2.00. The molecule has 1 atom stereocenters. The van der Waals surface area contributed by atoms with E-state index in [1.807, 2.05) is 0 Å². The molecule has 0 saturated heterocycles. The van der Waals surface area contributed by atoms with E-state index in [1.165, 1.54) is 31.3 Å². The Hall–Kier alpha value is -0.520. The van der Waals surface area contributed by atoms with Crippen LogP contribution in [0.2, 0.25) is 0 Å². The molecule has 0 nitrogen and oxygen atoms in total. The first-order chi connectivity index (χ1) is 5.77. The maximum atomic E-state index is 2.45. The third-order valence-corrected chi connectivity index (χ3v) is 3.35. The van der Waals surface area contributed by atoms with Crippen molar-refractivity contribution in [2.24, 2.45) is 11.8 Å². The molecule has 0 aromatic heterocycles. The van der Waals surface area contributed by atoms with Crippen molar-refractivity contribution in [3.8, 4) is 0 Å². The summed E-state index contributed by atoms with van der Waals surface area (Å²) in [5.74, 6) is 1.94. The summed E-state index contributed by atoms with van der Waals surface area (Å²) >= 11 is 0. The minimum atomic E-state index is 0.900. The normalized spacial score (nSPS) is 30.7. The maximum absolute atomic E-state index is 2.45. The molecule has 66 valence electrons. The monoisotopic (exact) mass is 162 g/mol. The van der Waals surface area contributed by atoms with Gasteiger partial charge < -0.3 is 0 Å². The predicted molar refractivity (Wildman–Crippen MR) is 53.0 cm³/mol. The summed E-state index contributed by atoms with van der Waals surface area (Å²) in [5.41, 5.74) is 3.09. The van der Waals surface area contributed by atoms with Gasteiger partial charge in [0.05, 0.1) is 0 Å². The molecule has 1 saturated carbocycles. The summed E-state index contributed by atoms with van der Waals surface area (Å²) in [4.78, 5) is 0. The molecule has 2 rings (SSSR count). The number of hydrogen-bond acceptors (Lipinski definition) is 0. The van der Waals surface area contributed by atoms with E-state index in [-0.39, 0.29) is 0 Å². The van der Waals surface area contributed by atoms with Gasteiger partial charge in [-0.15, -0.1) is 0 Å². The summed E-state index contributed by atoms with van der Waals surface area (Å²) in [7, 11) is 0. The Morgan fingerprint density at radius 2 is 1.92 bits per heavy atom. The van der Waals surface area contributed by atoms with Gasteiger partial charge in [-0.2, -0.15) is 0 Å². The number of rotatable bonds is 1. The van der Waals surface area contributed by atoms with Gasteiger partial charge in [-0.1, -0.05) is 23.3 Å². The first kappa shape index (κ1) is 8.10. The average molecular weight is 162 g/mol. The summed E-state index contributed by atoms with van der Waals surface area (Å²) in [6.07, 6.45) is 10.5.